The molecule has 0 radical (unpaired) electrons. The summed E-state index contributed by atoms with van der Waals surface area (Å²) < 4.78 is 0. The minimum atomic E-state index is 0.612. The SMILES string of the molecule is CCC(CCN)N(CC)C(C)CN(C)C. The van der Waals surface area contributed by atoms with E-state index in [2.05, 4.69) is 44.7 Å². The minimum absolute atomic E-state index is 0.612. The van der Waals surface area contributed by atoms with Crippen LogP contribution in [0.2, 0.25) is 0 Å². The van der Waals surface area contributed by atoms with Crippen molar-refractivity contribution in [3.8, 4) is 0 Å². The van der Waals surface area contributed by atoms with Crippen molar-refractivity contribution in [3.63, 3.8) is 0 Å². The smallest absolute Gasteiger partial charge is 0.0197 e. The fraction of sp³-hybridized carbons (Fsp3) is 1.00. The number of hydrogen-bond donors (Lipinski definition) is 1. The van der Waals surface area contributed by atoms with Gasteiger partial charge in [-0.1, -0.05) is 13.8 Å². The lowest BCUT2D eigenvalue weighted by atomic mass is 10.1. The largest absolute Gasteiger partial charge is 0.330 e. The van der Waals surface area contributed by atoms with Crippen molar-refractivity contribution in [2.45, 2.75) is 45.7 Å². The second kappa shape index (κ2) is 8.08. The molecule has 0 amide bonds. The molecule has 15 heavy (non-hydrogen) atoms. The van der Waals surface area contributed by atoms with Crippen molar-refractivity contribution in [1.82, 2.24) is 9.80 Å². The van der Waals surface area contributed by atoms with Gasteiger partial charge in [0.2, 0.25) is 0 Å². The molecule has 0 rings (SSSR count). The van der Waals surface area contributed by atoms with Crippen LogP contribution in [0.3, 0.4) is 0 Å². The molecule has 2 N–H and O–H groups in total. The maximum atomic E-state index is 5.66. The van der Waals surface area contributed by atoms with Gasteiger partial charge in [0, 0.05) is 18.6 Å². The third-order valence-corrected chi connectivity index (χ3v) is 3.00. The quantitative estimate of drug-likeness (QED) is 0.664. The van der Waals surface area contributed by atoms with Crippen LogP contribution in [0.15, 0.2) is 0 Å². The molecule has 0 spiro atoms. The molecule has 0 fully saturated rings. The highest BCUT2D eigenvalue weighted by molar-refractivity contribution is 4.76. The molecule has 3 nitrogen and oxygen atoms in total. The highest BCUT2D eigenvalue weighted by Gasteiger charge is 2.20. The molecule has 0 aliphatic heterocycles. The molecule has 0 aromatic carbocycles. The van der Waals surface area contributed by atoms with E-state index < -0.39 is 0 Å². The average Bonchev–Trinajstić information content (AvgIpc) is 2.16. The Morgan fingerprint density at radius 2 is 1.80 bits per heavy atom. The van der Waals surface area contributed by atoms with Gasteiger partial charge in [-0.2, -0.15) is 0 Å². The van der Waals surface area contributed by atoms with E-state index in [1.54, 1.807) is 0 Å². The van der Waals surface area contributed by atoms with Crippen molar-refractivity contribution in [3.05, 3.63) is 0 Å². The van der Waals surface area contributed by atoms with Gasteiger partial charge in [-0.15, -0.1) is 0 Å². The van der Waals surface area contributed by atoms with Gasteiger partial charge in [-0.3, -0.25) is 4.90 Å². The molecule has 0 aliphatic carbocycles. The van der Waals surface area contributed by atoms with Crippen LogP contribution in [0.4, 0.5) is 0 Å². The zero-order chi connectivity index (χ0) is 11.8. The van der Waals surface area contributed by atoms with Crippen molar-refractivity contribution in [2.75, 3.05) is 33.7 Å². The summed E-state index contributed by atoms with van der Waals surface area (Å²) in [7, 11) is 4.27. The molecule has 0 saturated heterocycles. The summed E-state index contributed by atoms with van der Waals surface area (Å²) in [5.41, 5.74) is 5.66. The van der Waals surface area contributed by atoms with Crippen LogP contribution in [0.25, 0.3) is 0 Å². The molecular weight excluding hydrogens is 186 g/mol. The van der Waals surface area contributed by atoms with Gasteiger partial charge in [-0.05, 0) is 47.0 Å². The second-order valence-electron chi connectivity index (χ2n) is 4.58. The molecule has 0 aromatic heterocycles. The van der Waals surface area contributed by atoms with Gasteiger partial charge in [0.1, 0.15) is 0 Å². The van der Waals surface area contributed by atoms with Crippen molar-refractivity contribution < 1.29 is 0 Å². The molecule has 92 valence electrons. The van der Waals surface area contributed by atoms with E-state index in [9.17, 15) is 0 Å². The Morgan fingerprint density at radius 1 is 1.20 bits per heavy atom. The predicted molar refractivity (Wildman–Crippen MR) is 68.1 cm³/mol. The summed E-state index contributed by atoms with van der Waals surface area (Å²) in [6, 6.07) is 1.26. The Labute approximate surface area is 95.6 Å². The van der Waals surface area contributed by atoms with E-state index in [0.717, 1.165) is 26.1 Å². The summed E-state index contributed by atoms with van der Waals surface area (Å²) in [5.74, 6) is 0. The number of rotatable bonds is 8. The molecule has 0 aliphatic rings. The third kappa shape index (κ3) is 5.50. The molecule has 2 atom stereocenters. The van der Waals surface area contributed by atoms with Crippen LogP contribution in [-0.2, 0) is 0 Å². The Morgan fingerprint density at radius 3 is 2.13 bits per heavy atom. The van der Waals surface area contributed by atoms with Crippen molar-refractivity contribution in [2.24, 2.45) is 5.73 Å². The Hall–Kier alpha value is -0.120. The topological polar surface area (TPSA) is 32.5 Å². The normalized spacial score (nSPS) is 16.0. The maximum Gasteiger partial charge on any atom is 0.0197 e. The Balaban J connectivity index is 4.28. The lowest BCUT2D eigenvalue weighted by Crippen LogP contribution is -2.46. The molecule has 2 unspecified atom stereocenters. The summed E-state index contributed by atoms with van der Waals surface area (Å²) in [6.07, 6.45) is 2.31. The second-order valence-corrected chi connectivity index (χ2v) is 4.58. The molecule has 3 heteroatoms. The van der Waals surface area contributed by atoms with Crippen molar-refractivity contribution >= 4 is 0 Å². The first kappa shape index (κ1) is 14.9. The zero-order valence-corrected chi connectivity index (χ0v) is 11.2. The minimum Gasteiger partial charge on any atom is -0.330 e. The number of hydrogen-bond acceptors (Lipinski definition) is 3. The summed E-state index contributed by atoms with van der Waals surface area (Å²) in [4.78, 5) is 4.83. The highest BCUT2D eigenvalue weighted by atomic mass is 15.2. The van der Waals surface area contributed by atoms with Gasteiger partial charge in [0.15, 0.2) is 0 Å². The van der Waals surface area contributed by atoms with Gasteiger partial charge in [-0.25, -0.2) is 0 Å². The van der Waals surface area contributed by atoms with Crippen LogP contribution in [0.5, 0.6) is 0 Å². The first-order valence-corrected chi connectivity index (χ1v) is 6.17. The zero-order valence-electron chi connectivity index (χ0n) is 11.2. The molecule has 0 aromatic rings. The van der Waals surface area contributed by atoms with Crippen LogP contribution < -0.4 is 5.73 Å². The van der Waals surface area contributed by atoms with Crippen LogP contribution in [0, 0.1) is 0 Å². The van der Waals surface area contributed by atoms with E-state index in [1.807, 2.05) is 0 Å². The maximum absolute atomic E-state index is 5.66. The van der Waals surface area contributed by atoms with E-state index in [1.165, 1.54) is 6.42 Å². The fourth-order valence-corrected chi connectivity index (χ4v) is 2.36. The Kier molecular flexibility index (Phi) is 8.02. The first-order chi connectivity index (χ1) is 7.06. The predicted octanol–water partition coefficient (Wildman–Crippen LogP) is 1.39. The standard InChI is InChI=1S/C12H29N3/c1-6-12(8-9-13)15(7-2)11(3)10-14(4)5/h11-12H,6-10,13H2,1-5H3. The molecule has 0 saturated carbocycles. The average molecular weight is 215 g/mol. The summed E-state index contributed by atoms with van der Waals surface area (Å²) in [6.45, 7) is 9.84. The van der Waals surface area contributed by atoms with E-state index in [4.69, 9.17) is 5.73 Å². The summed E-state index contributed by atoms with van der Waals surface area (Å²) in [5, 5.41) is 0. The van der Waals surface area contributed by atoms with Crippen LogP contribution in [0.1, 0.15) is 33.6 Å². The first-order valence-electron chi connectivity index (χ1n) is 6.17. The van der Waals surface area contributed by atoms with E-state index in [-0.39, 0.29) is 0 Å². The molecular formula is C12H29N3. The highest BCUT2D eigenvalue weighted by Crippen LogP contribution is 2.12. The monoisotopic (exact) mass is 215 g/mol. The number of nitrogens with two attached hydrogens (primary N) is 1. The van der Waals surface area contributed by atoms with Gasteiger partial charge in [0.25, 0.3) is 0 Å². The van der Waals surface area contributed by atoms with Crippen LogP contribution >= 0.6 is 0 Å². The number of likely N-dealkylation sites (N-methyl/N-ethyl adjacent to an activating group) is 2. The van der Waals surface area contributed by atoms with E-state index >= 15 is 0 Å². The number of nitrogens with zero attached hydrogens (tertiary/aromatic N) is 2. The van der Waals surface area contributed by atoms with Gasteiger partial charge in [0.05, 0.1) is 0 Å². The fourth-order valence-electron chi connectivity index (χ4n) is 2.36. The Bertz CT molecular complexity index is 148. The third-order valence-electron chi connectivity index (χ3n) is 3.00. The molecule has 0 heterocycles. The summed E-state index contributed by atoms with van der Waals surface area (Å²) >= 11 is 0. The van der Waals surface area contributed by atoms with Crippen molar-refractivity contribution in [1.29, 1.82) is 0 Å². The van der Waals surface area contributed by atoms with Gasteiger partial charge < -0.3 is 10.6 Å². The lowest BCUT2D eigenvalue weighted by molar-refractivity contribution is 0.119. The van der Waals surface area contributed by atoms with Crippen LogP contribution in [-0.4, -0.2) is 55.6 Å². The van der Waals surface area contributed by atoms with Gasteiger partial charge >= 0.3 is 0 Å². The van der Waals surface area contributed by atoms with E-state index in [0.29, 0.717) is 12.1 Å². The molecule has 0 bridgehead atoms. The lowest BCUT2D eigenvalue weighted by Gasteiger charge is -2.36.